The first-order valence-electron chi connectivity index (χ1n) is 7.85. The van der Waals surface area contributed by atoms with Crippen LogP contribution in [0.25, 0.3) is 11.4 Å². The van der Waals surface area contributed by atoms with Crippen LogP contribution in [0.3, 0.4) is 0 Å². The van der Waals surface area contributed by atoms with E-state index in [0.717, 1.165) is 30.4 Å². The molecule has 1 heterocycles. The number of unbranched alkanes of at least 4 members (excludes halogenated alkanes) is 1. The van der Waals surface area contributed by atoms with E-state index in [4.69, 9.17) is 4.74 Å². The van der Waals surface area contributed by atoms with Crippen molar-refractivity contribution in [1.82, 2.24) is 14.8 Å². The average Bonchev–Trinajstić information content (AvgIpc) is 2.95. The van der Waals surface area contributed by atoms with E-state index in [1.807, 2.05) is 38.1 Å². The summed E-state index contributed by atoms with van der Waals surface area (Å²) in [7, 11) is 0. The summed E-state index contributed by atoms with van der Waals surface area (Å²) in [5.74, 6) is 0.503. The maximum Gasteiger partial charge on any atom is 0.336 e. The van der Waals surface area contributed by atoms with Gasteiger partial charge in [-0.05, 0) is 19.8 Å². The Hall–Kier alpha value is -2.17. The molecule has 0 saturated heterocycles. The molecule has 0 radical (unpaired) electrons. The van der Waals surface area contributed by atoms with Crippen molar-refractivity contribution in [3.8, 4) is 17.4 Å². The fraction of sp³-hybridized carbons (Fsp3) is 0.471. The Morgan fingerprint density at radius 3 is 2.55 bits per heavy atom. The number of aryl methyl sites for hydroxylation is 1. The van der Waals surface area contributed by atoms with Gasteiger partial charge in [-0.2, -0.15) is 9.67 Å². The summed E-state index contributed by atoms with van der Waals surface area (Å²) in [5.41, 5.74) is 2.03. The molecule has 0 unspecified atom stereocenters. The lowest BCUT2D eigenvalue weighted by Gasteiger charge is -2.04. The number of hydrogen-bond donors (Lipinski definition) is 0. The monoisotopic (exact) mass is 301 g/mol. The molecule has 0 atom stereocenters. The predicted octanol–water partition coefficient (Wildman–Crippen LogP) is 3.87. The summed E-state index contributed by atoms with van der Waals surface area (Å²) in [4.78, 5) is 16.7. The SMILES string of the molecule is CCCCC(=O)n1nc(OCCC)nc1-c1ccc(C)cc1. The Morgan fingerprint density at radius 2 is 1.91 bits per heavy atom. The lowest BCUT2D eigenvalue weighted by molar-refractivity contribution is 0.0883. The summed E-state index contributed by atoms with van der Waals surface area (Å²) in [6.45, 7) is 6.65. The minimum atomic E-state index is -0.0451. The number of ether oxygens (including phenoxy) is 1. The Kier molecular flexibility index (Phi) is 5.69. The van der Waals surface area contributed by atoms with Gasteiger partial charge in [-0.1, -0.05) is 50.1 Å². The van der Waals surface area contributed by atoms with E-state index in [-0.39, 0.29) is 11.9 Å². The third kappa shape index (κ3) is 3.93. The molecule has 0 bridgehead atoms. The molecule has 0 saturated carbocycles. The number of hydrogen-bond acceptors (Lipinski definition) is 4. The van der Waals surface area contributed by atoms with Gasteiger partial charge in [0.15, 0.2) is 5.82 Å². The van der Waals surface area contributed by atoms with Crippen molar-refractivity contribution in [3.05, 3.63) is 29.8 Å². The molecule has 2 rings (SSSR count). The molecule has 0 aliphatic heterocycles. The van der Waals surface area contributed by atoms with Crippen LogP contribution in [0.5, 0.6) is 6.01 Å². The normalized spacial score (nSPS) is 10.7. The smallest absolute Gasteiger partial charge is 0.336 e. The van der Waals surface area contributed by atoms with Gasteiger partial charge in [-0.15, -0.1) is 5.10 Å². The first-order valence-corrected chi connectivity index (χ1v) is 7.85. The summed E-state index contributed by atoms with van der Waals surface area (Å²) in [6.07, 6.45) is 3.15. The third-order valence-corrected chi connectivity index (χ3v) is 3.31. The fourth-order valence-corrected chi connectivity index (χ4v) is 2.04. The van der Waals surface area contributed by atoms with Crippen molar-refractivity contribution in [3.63, 3.8) is 0 Å². The van der Waals surface area contributed by atoms with Crippen LogP contribution in [0.15, 0.2) is 24.3 Å². The minimum absolute atomic E-state index is 0.0451. The second-order valence-corrected chi connectivity index (χ2v) is 5.34. The Balaban J connectivity index is 2.34. The number of rotatable bonds is 7. The quantitative estimate of drug-likeness (QED) is 0.779. The molecule has 22 heavy (non-hydrogen) atoms. The van der Waals surface area contributed by atoms with Crippen molar-refractivity contribution in [1.29, 1.82) is 0 Å². The standard InChI is InChI=1S/C17H23N3O2/c1-4-6-7-15(21)20-16(14-10-8-13(3)9-11-14)18-17(19-20)22-12-5-2/h8-11H,4-7,12H2,1-3H3. The van der Waals surface area contributed by atoms with Gasteiger partial charge in [0.25, 0.3) is 0 Å². The number of nitrogens with zero attached hydrogens (tertiary/aromatic N) is 3. The van der Waals surface area contributed by atoms with Gasteiger partial charge in [-0.25, -0.2) is 0 Å². The second-order valence-electron chi connectivity index (χ2n) is 5.34. The van der Waals surface area contributed by atoms with Gasteiger partial charge < -0.3 is 4.74 Å². The molecule has 0 aliphatic rings. The molecule has 0 aliphatic carbocycles. The van der Waals surface area contributed by atoms with Gasteiger partial charge in [-0.3, -0.25) is 4.79 Å². The first kappa shape index (κ1) is 16.2. The van der Waals surface area contributed by atoms with Crippen molar-refractivity contribution < 1.29 is 9.53 Å². The van der Waals surface area contributed by atoms with E-state index in [1.165, 1.54) is 4.68 Å². The highest BCUT2D eigenvalue weighted by molar-refractivity contribution is 5.82. The molecule has 0 N–H and O–H groups in total. The summed E-state index contributed by atoms with van der Waals surface area (Å²) < 4.78 is 6.86. The van der Waals surface area contributed by atoms with Crippen molar-refractivity contribution >= 4 is 5.91 Å². The fourth-order valence-electron chi connectivity index (χ4n) is 2.04. The van der Waals surface area contributed by atoms with Crippen LogP contribution < -0.4 is 4.74 Å². The number of benzene rings is 1. The van der Waals surface area contributed by atoms with Gasteiger partial charge in [0, 0.05) is 12.0 Å². The Bertz CT molecular complexity index is 617. The molecule has 0 fully saturated rings. The minimum Gasteiger partial charge on any atom is -0.462 e. The topological polar surface area (TPSA) is 57.0 Å². The predicted molar refractivity (Wildman–Crippen MR) is 86.1 cm³/mol. The van der Waals surface area contributed by atoms with Crippen molar-refractivity contribution in [2.24, 2.45) is 0 Å². The maximum atomic E-state index is 12.4. The van der Waals surface area contributed by atoms with E-state index in [2.05, 4.69) is 17.0 Å². The molecule has 5 nitrogen and oxygen atoms in total. The van der Waals surface area contributed by atoms with Crippen molar-refractivity contribution in [2.75, 3.05) is 6.61 Å². The maximum absolute atomic E-state index is 12.4. The van der Waals surface area contributed by atoms with Crippen LogP contribution in [0, 0.1) is 6.92 Å². The lowest BCUT2D eigenvalue weighted by Crippen LogP contribution is -2.13. The summed E-state index contributed by atoms with van der Waals surface area (Å²) in [5, 5.41) is 4.23. The molecule has 0 amide bonds. The van der Waals surface area contributed by atoms with Crippen LogP contribution in [0.4, 0.5) is 0 Å². The van der Waals surface area contributed by atoms with Gasteiger partial charge in [0.1, 0.15) is 0 Å². The highest BCUT2D eigenvalue weighted by atomic mass is 16.5. The zero-order valence-electron chi connectivity index (χ0n) is 13.5. The molecular weight excluding hydrogens is 278 g/mol. The van der Waals surface area contributed by atoms with E-state index in [1.54, 1.807) is 0 Å². The van der Waals surface area contributed by atoms with Crippen LogP contribution >= 0.6 is 0 Å². The molecule has 2 aromatic rings. The summed E-state index contributed by atoms with van der Waals surface area (Å²) in [6, 6.07) is 8.16. The average molecular weight is 301 g/mol. The first-order chi connectivity index (χ1) is 10.7. The second kappa shape index (κ2) is 7.73. The zero-order chi connectivity index (χ0) is 15.9. The van der Waals surface area contributed by atoms with E-state index >= 15 is 0 Å². The Morgan fingerprint density at radius 1 is 1.18 bits per heavy atom. The zero-order valence-corrected chi connectivity index (χ0v) is 13.5. The lowest BCUT2D eigenvalue weighted by atomic mass is 10.1. The van der Waals surface area contributed by atoms with Crippen molar-refractivity contribution in [2.45, 2.75) is 46.5 Å². The van der Waals surface area contributed by atoms with E-state index < -0.39 is 0 Å². The highest BCUT2D eigenvalue weighted by Gasteiger charge is 2.18. The van der Waals surface area contributed by atoms with Crippen LogP contribution in [-0.4, -0.2) is 27.3 Å². The molecular formula is C17H23N3O2. The number of carbonyl (C=O) groups is 1. The van der Waals surface area contributed by atoms with Gasteiger partial charge in [0.2, 0.25) is 5.91 Å². The molecule has 118 valence electrons. The Labute approximate surface area is 131 Å². The van der Waals surface area contributed by atoms with E-state index in [9.17, 15) is 4.79 Å². The number of carbonyl (C=O) groups excluding carboxylic acids is 1. The summed E-state index contributed by atoms with van der Waals surface area (Å²) >= 11 is 0. The van der Waals surface area contributed by atoms with Crippen LogP contribution in [-0.2, 0) is 0 Å². The third-order valence-electron chi connectivity index (χ3n) is 3.31. The molecule has 1 aromatic carbocycles. The molecule has 5 heteroatoms. The molecule has 0 spiro atoms. The van der Waals surface area contributed by atoms with E-state index in [0.29, 0.717) is 18.9 Å². The van der Waals surface area contributed by atoms with Crippen LogP contribution in [0.2, 0.25) is 0 Å². The van der Waals surface area contributed by atoms with Gasteiger partial charge in [0.05, 0.1) is 6.61 Å². The van der Waals surface area contributed by atoms with Crippen LogP contribution in [0.1, 0.15) is 49.9 Å². The molecule has 1 aromatic heterocycles. The van der Waals surface area contributed by atoms with Gasteiger partial charge >= 0.3 is 6.01 Å². The largest absolute Gasteiger partial charge is 0.462 e. The highest BCUT2D eigenvalue weighted by Crippen LogP contribution is 2.21. The number of aromatic nitrogens is 3.